The van der Waals surface area contributed by atoms with Crippen molar-refractivity contribution in [2.75, 3.05) is 12.8 Å². The third kappa shape index (κ3) is 22.6. The van der Waals surface area contributed by atoms with Gasteiger partial charge in [0.25, 0.3) is 10.1 Å². The summed E-state index contributed by atoms with van der Waals surface area (Å²) < 4.78 is 26.9. The highest BCUT2D eigenvalue weighted by Crippen LogP contribution is 1.77. The lowest BCUT2D eigenvalue weighted by molar-refractivity contribution is -0.328. The maximum Gasteiger partial charge on any atom is 0.342 e. The Bertz CT molecular complexity index is 192. The van der Waals surface area contributed by atoms with Crippen LogP contribution in [0, 0.1) is 0 Å². The Morgan fingerprint density at radius 1 is 1.33 bits per heavy atom. The molecule has 0 fully saturated rings. The molecular weight excluding hydrogens is 190 g/mol. The van der Waals surface area contributed by atoms with Crippen LogP contribution < -0.4 is 5.32 Å². The Balaban J connectivity index is 0. The van der Waals surface area contributed by atoms with Gasteiger partial charge in [0.2, 0.25) is 0 Å². The number of rotatable bonds is 2. The van der Waals surface area contributed by atoms with E-state index in [9.17, 15) is 8.42 Å². The third-order valence-corrected chi connectivity index (χ3v) is 1.43. The van der Waals surface area contributed by atoms with Gasteiger partial charge in [0.15, 0.2) is 0 Å². The summed E-state index contributed by atoms with van der Waals surface area (Å²) in [5.41, 5.74) is 0. The second-order valence-corrected chi connectivity index (χ2v) is 3.50. The van der Waals surface area contributed by atoms with E-state index in [0.29, 0.717) is 0 Å². The maximum absolute atomic E-state index is 9.56. The molecule has 0 unspecified atom stereocenters. The molecule has 76 valence electrons. The van der Waals surface area contributed by atoms with Crippen molar-refractivity contribution in [2.45, 2.75) is 13.0 Å². The predicted octanol–water partition coefficient (Wildman–Crippen LogP) is -2.31. The summed E-state index contributed by atoms with van der Waals surface area (Å²) in [6.07, 6.45) is -2.71. The zero-order valence-electron chi connectivity index (χ0n) is 6.72. The van der Waals surface area contributed by atoms with Gasteiger partial charge in [-0.1, -0.05) is 0 Å². The predicted molar refractivity (Wildman–Crippen MR) is 40.5 cm³/mol. The van der Waals surface area contributed by atoms with Gasteiger partial charge >= 0.3 is 6.10 Å². The molecule has 0 aromatic carbocycles. The van der Waals surface area contributed by atoms with Crippen molar-refractivity contribution < 1.29 is 28.3 Å². The molecule has 8 heteroatoms. The first kappa shape index (κ1) is 14.3. The van der Waals surface area contributed by atoms with E-state index in [0.717, 1.165) is 0 Å². The van der Waals surface area contributed by atoms with Gasteiger partial charge in [-0.05, 0) is 14.0 Å². The lowest BCUT2D eigenvalue weighted by Crippen LogP contribution is -2.41. The molecule has 0 atom stereocenters. The van der Waals surface area contributed by atoms with E-state index in [1.165, 1.54) is 14.0 Å². The van der Waals surface area contributed by atoms with Crippen LogP contribution in [-0.4, -0.2) is 47.2 Å². The van der Waals surface area contributed by atoms with E-state index in [-0.39, 0.29) is 5.75 Å². The fourth-order valence-corrected chi connectivity index (χ4v) is 0. The molecule has 0 aliphatic heterocycles. The number of aliphatic hydroxyl groups is 3. The molecule has 0 rings (SSSR count). The minimum absolute atomic E-state index is 0.201. The highest BCUT2D eigenvalue weighted by molar-refractivity contribution is 7.85. The van der Waals surface area contributed by atoms with Crippen molar-refractivity contribution in [2.24, 2.45) is 0 Å². The van der Waals surface area contributed by atoms with Crippen LogP contribution in [0.25, 0.3) is 0 Å². The minimum atomic E-state index is -3.66. The van der Waals surface area contributed by atoms with E-state index in [1.54, 1.807) is 5.32 Å². The van der Waals surface area contributed by atoms with Crippen LogP contribution in [0.5, 0.6) is 0 Å². The highest BCUT2D eigenvalue weighted by Gasteiger charge is 2.11. The quantitative estimate of drug-likeness (QED) is 0.252. The Morgan fingerprint density at radius 3 is 1.50 bits per heavy atom. The normalized spacial score (nSPS) is 11.8. The molecule has 0 amide bonds. The molecule has 0 heterocycles. The van der Waals surface area contributed by atoms with Crippen LogP contribution in [0.1, 0.15) is 6.92 Å². The molecule has 0 radical (unpaired) electrons. The van der Waals surface area contributed by atoms with Gasteiger partial charge in [0.05, 0.1) is 5.75 Å². The molecule has 0 aromatic rings. The van der Waals surface area contributed by atoms with Crippen molar-refractivity contribution in [3.8, 4) is 0 Å². The van der Waals surface area contributed by atoms with Gasteiger partial charge in [0.1, 0.15) is 0 Å². The zero-order valence-corrected chi connectivity index (χ0v) is 7.54. The Kier molecular flexibility index (Phi) is 6.43. The second kappa shape index (κ2) is 5.41. The summed E-state index contributed by atoms with van der Waals surface area (Å²) in [7, 11) is -2.45. The molecule has 5 N–H and O–H groups in total. The summed E-state index contributed by atoms with van der Waals surface area (Å²) >= 11 is 0. The lowest BCUT2D eigenvalue weighted by Gasteiger charge is -2.09. The highest BCUT2D eigenvalue weighted by atomic mass is 32.2. The average Bonchev–Trinajstić information content (AvgIpc) is 1.86. The first-order chi connectivity index (χ1) is 5.12. The van der Waals surface area contributed by atoms with E-state index < -0.39 is 16.2 Å². The van der Waals surface area contributed by atoms with Gasteiger partial charge < -0.3 is 15.3 Å². The van der Waals surface area contributed by atoms with Crippen molar-refractivity contribution in [1.82, 2.24) is 5.32 Å². The first-order valence-electron chi connectivity index (χ1n) is 2.93. The molecule has 0 aliphatic carbocycles. The molecule has 12 heavy (non-hydrogen) atoms. The molecule has 0 spiro atoms. The summed E-state index contributed by atoms with van der Waals surface area (Å²) in [4.78, 5) is 0. The van der Waals surface area contributed by atoms with Crippen LogP contribution in [0.15, 0.2) is 0 Å². The molecule has 0 aliphatic rings. The smallest absolute Gasteiger partial charge is 0.330 e. The van der Waals surface area contributed by atoms with Gasteiger partial charge in [0, 0.05) is 0 Å². The Morgan fingerprint density at radius 2 is 1.50 bits per heavy atom. The standard InChI is InChI=1S/C2H7NO3.C2H6O3S/c1-3-2(4,5)6;1-2-6(3,4)5/h3-6H,1H3;2H2,1H3,(H,3,4,5). The minimum Gasteiger partial charge on any atom is -0.330 e. The molecule has 0 bridgehead atoms. The fourth-order valence-electron chi connectivity index (χ4n) is 0. The molecule has 0 saturated carbocycles. The number of nitrogens with one attached hydrogen (secondary N) is 1. The monoisotopic (exact) mass is 203 g/mol. The molecule has 0 saturated heterocycles. The van der Waals surface area contributed by atoms with E-state index >= 15 is 0 Å². The van der Waals surface area contributed by atoms with Crippen molar-refractivity contribution in [3.05, 3.63) is 0 Å². The third-order valence-electron chi connectivity index (χ3n) is 0.700. The van der Waals surface area contributed by atoms with Gasteiger partial charge in [-0.15, -0.1) is 0 Å². The van der Waals surface area contributed by atoms with Crippen LogP contribution in [0.4, 0.5) is 0 Å². The lowest BCUT2D eigenvalue weighted by atomic mass is 10.9. The average molecular weight is 203 g/mol. The first-order valence-corrected chi connectivity index (χ1v) is 4.54. The van der Waals surface area contributed by atoms with Gasteiger partial charge in [-0.25, -0.2) is 5.32 Å². The molecule has 7 nitrogen and oxygen atoms in total. The van der Waals surface area contributed by atoms with E-state index in [2.05, 4.69) is 0 Å². The summed E-state index contributed by atoms with van der Waals surface area (Å²) in [5, 5.41) is 25.3. The molecule has 0 aromatic heterocycles. The Hall–Kier alpha value is -0.250. The largest absolute Gasteiger partial charge is 0.342 e. The fraction of sp³-hybridized carbons (Fsp3) is 1.00. The summed E-state index contributed by atoms with van der Waals surface area (Å²) in [6.45, 7) is 1.37. The van der Waals surface area contributed by atoms with Gasteiger partial charge in [-0.3, -0.25) is 4.55 Å². The van der Waals surface area contributed by atoms with Crippen LogP contribution in [0.3, 0.4) is 0 Å². The topological polar surface area (TPSA) is 127 Å². The number of hydrogen-bond acceptors (Lipinski definition) is 6. The maximum atomic E-state index is 9.56. The van der Waals surface area contributed by atoms with Crippen molar-refractivity contribution in [3.63, 3.8) is 0 Å². The van der Waals surface area contributed by atoms with Crippen molar-refractivity contribution >= 4 is 10.1 Å². The molecular formula is C4H13NO6S. The SMILES string of the molecule is CCS(=O)(=O)O.CNC(O)(O)O. The van der Waals surface area contributed by atoms with Crippen molar-refractivity contribution in [1.29, 1.82) is 0 Å². The summed E-state index contributed by atoms with van der Waals surface area (Å²) in [5.74, 6) is -0.201. The van der Waals surface area contributed by atoms with E-state index in [4.69, 9.17) is 19.9 Å². The zero-order chi connectivity index (χ0) is 10.4. The second-order valence-electron chi connectivity index (χ2n) is 1.76. The van der Waals surface area contributed by atoms with Crippen LogP contribution in [-0.2, 0) is 10.1 Å². The summed E-state index contributed by atoms with van der Waals surface area (Å²) in [6, 6.07) is 0. The Labute approximate surface area is 70.4 Å². The van der Waals surface area contributed by atoms with Crippen LogP contribution >= 0.6 is 0 Å². The van der Waals surface area contributed by atoms with E-state index in [1.807, 2.05) is 0 Å². The van der Waals surface area contributed by atoms with Crippen LogP contribution in [0.2, 0.25) is 0 Å². The van der Waals surface area contributed by atoms with Gasteiger partial charge in [-0.2, -0.15) is 8.42 Å². The number of hydrogen-bond donors (Lipinski definition) is 5.